The first kappa shape index (κ1) is 15.0. The van der Waals surface area contributed by atoms with Gasteiger partial charge in [0, 0.05) is 30.9 Å². The summed E-state index contributed by atoms with van der Waals surface area (Å²) in [6, 6.07) is 0.469. The second-order valence-electron chi connectivity index (χ2n) is 5.19. The Morgan fingerprint density at radius 1 is 1.40 bits per heavy atom. The van der Waals surface area contributed by atoms with Crippen LogP contribution in [0.2, 0.25) is 0 Å². The molecule has 0 fully saturated rings. The standard InChI is InChI=1S/C14H20N2O3S/c1-8(2)16-6-5-10-11(7-16)20-13(15-9(3)17)12(10)14(18)19-4/h8H,5-7H2,1-4H3,(H,15,17). The Morgan fingerprint density at radius 2 is 2.10 bits per heavy atom. The first-order valence-electron chi connectivity index (χ1n) is 6.68. The van der Waals surface area contributed by atoms with Gasteiger partial charge >= 0.3 is 5.97 Å². The highest BCUT2D eigenvalue weighted by Crippen LogP contribution is 2.37. The zero-order chi connectivity index (χ0) is 14.9. The van der Waals surface area contributed by atoms with Gasteiger partial charge in [-0.05, 0) is 25.8 Å². The minimum Gasteiger partial charge on any atom is -0.465 e. The van der Waals surface area contributed by atoms with Gasteiger partial charge < -0.3 is 10.1 Å². The number of nitrogens with one attached hydrogen (secondary N) is 1. The van der Waals surface area contributed by atoms with Crippen molar-refractivity contribution in [2.24, 2.45) is 0 Å². The molecule has 0 unspecified atom stereocenters. The molecule has 0 bridgehead atoms. The van der Waals surface area contributed by atoms with Gasteiger partial charge in [0.1, 0.15) is 5.00 Å². The number of fused-ring (bicyclic) bond motifs is 1. The van der Waals surface area contributed by atoms with Crippen molar-refractivity contribution in [2.45, 2.75) is 39.8 Å². The summed E-state index contributed by atoms with van der Waals surface area (Å²) in [5.41, 5.74) is 1.56. The molecule has 0 aliphatic carbocycles. The summed E-state index contributed by atoms with van der Waals surface area (Å²) in [4.78, 5) is 26.8. The summed E-state index contributed by atoms with van der Waals surface area (Å²) in [5, 5.41) is 3.36. The number of hydrogen-bond donors (Lipinski definition) is 1. The number of rotatable bonds is 3. The van der Waals surface area contributed by atoms with Gasteiger partial charge in [0.15, 0.2) is 0 Å². The Hall–Kier alpha value is -1.40. The number of carbonyl (C=O) groups excluding carboxylic acids is 2. The highest BCUT2D eigenvalue weighted by atomic mass is 32.1. The predicted molar refractivity (Wildman–Crippen MR) is 79.2 cm³/mol. The lowest BCUT2D eigenvalue weighted by molar-refractivity contribution is -0.114. The third-order valence-corrected chi connectivity index (χ3v) is 4.63. The molecule has 5 nitrogen and oxygen atoms in total. The molecule has 1 aromatic rings. The Balaban J connectivity index is 2.40. The highest BCUT2D eigenvalue weighted by Gasteiger charge is 2.29. The minimum atomic E-state index is -0.371. The van der Waals surface area contributed by atoms with E-state index < -0.39 is 0 Å². The fraction of sp³-hybridized carbons (Fsp3) is 0.571. The van der Waals surface area contributed by atoms with E-state index in [4.69, 9.17) is 4.74 Å². The van der Waals surface area contributed by atoms with Gasteiger partial charge in [-0.3, -0.25) is 9.69 Å². The van der Waals surface area contributed by atoms with Gasteiger partial charge in [-0.25, -0.2) is 4.79 Å². The average molecular weight is 296 g/mol. The molecule has 0 atom stereocenters. The van der Waals surface area contributed by atoms with Crippen LogP contribution in [0.5, 0.6) is 0 Å². The van der Waals surface area contributed by atoms with E-state index in [1.165, 1.54) is 25.4 Å². The third-order valence-electron chi connectivity index (χ3n) is 3.50. The van der Waals surface area contributed by atoms with E-state index in [0.717, 1.165) is 30.0 Å². The molecule has 6 heteroatoms. The number of anilines is 1. The molecule has 0 saturated heterocycles. The lowest BCUT2D eigenvalue weighted by Gasteiger charge is -2.30. The normalized spacial score (nSPS) is 15.1. The Bertz CT molecular complexity index is 537. The van der Waals surface area contributed by atoms with E-state index in [9.17, 15) is 9.59 Å². The van der Waals surface area contributed by atoms with Crippen LogP contribution in [0.3, 0.4) is 0 Å². The Morgan fingerprint density at radius 3 is 2.65 bits per heavy atom. The van der Waals surface area contributed by atoms with Crippen LogP contribution in [0, 0.1) is 0 Å². The zero-order valence-corrected chi connectivity index (χ0v) is 13.1. The minimum absolute atomic E-state index is 0.172. The number of amides is 1. The van der Waals surface area contributed by atoms with Crippen molar-refractivity contribution in [1.82, 2.24) is 4.90 Å². The molecular weight excluding hydrogens is 276 g/mol. The number of ether oxygens (including phenoxy) is 1. The maximum absolute atomic E-state index is 12.0. The maximum Gasteiger partial charge on any atom is 0.341 e. The largest absolute Gasteiger partial charge is 0.465 e. The summed E-state index contributed by atoms with van der Waals surface area (Å²) in [6.45, 7) is 7.51. The Kier molecular flexibility index (Phi) is 4.45. The molecule has 0 saturated carbocycles. The molecular formula is C14H20N2O3S. The molecule has 20 heavy (non-hydrogen) atoms. The summed E-state index contributed by atoms with van der Waals surface area (Å²) in [7, 11) is 1.37. The van der Waals surface area contributed by atoms with Crippen molar-refractivity contribution in [3.63, 3.8) is 0 Å². The summed E-state index contributed by atoms with van der Waals surface area (Å²) in [6.07, 6.45) is 0.814. The van der Waals surface area contributed by atoms with Crippen LogP contribution >= 0.6 is 11.3 Å². The van der Waals surface area contributed by atoms with E-state index in [0.29, 0.717) is 16.6 Å². The number of nitrogens with zero attached hydrogens (tertiary/aromatic N) is 1. The van der Waals surface area contributed by atoms with Crippen molar-refractivity contribution in [3.8, 4) is 0 Å². The van der Waals surface area contributed by atoms with Gasteiger partial charge in [0.25, 0.3) is 0 Å². The number of methoxy groups -OCH3 is 1. The van der Waals surface area contributed by atoms with E-state index in [1.807, 2.05) is 0 Å². The van der Waals surface area contributed by atoms with E-state index >= 15 is 0 Å². The molecule has 2 heterocycles. The molecule has 1 aromatic heterocycles. The lowest BCUT2D eigenvalue weighted by Crippen LogP contribution is -2.35. The predicted octanol–water partition coefficient (Wildman–Crippen LogP) is 2.26. The first-order valence-corrected chi connectivity index (χ1v) is 7.50. The van der Waals surface area contributed by atoms with Crippen LogP contribution in [0.25, 0.3) is 0 Å². The van der Waals surface area contributed by atoms with Crippen LogP contribution < -0.4 is 5.32 Å². The van der Waals surface area contributed by atoms with E-state index in [-0.39, 0.29) is 11.9 Å². The van der Waals surface area contributed by atoms with Crippen molar-refractivity contribution in [2.75, 3.05) is 19.0 Å². The summed E-state index contributed by atoms with van der Waals surface area (Å²) >= 11 is 1.48. The van der Waals surface area contributed by atoms with Crippen molar-refractivity contribution in [1.29, 1.82) is 0 Å². The van der Waals surface area contributed by atoms with Gasteiger partial charge in [0.05, 0.1) is 12.7 Å². The topological polar surface area (TPSA) is 58.6 Å². The number of carbonyl (C=O) groups is 2. The second-order valence-corrected chi connectivity index (χ2v) is 6.30. The van der Waals surface area contributed by atoms with E-state index in [2.05, 4.69) is 24.1 Å². The molecule has 1 aliphatic rings. The highest BCUT2D eigenvalue weighted by molar-refractivity contribution is 7.17. The quantitative estimate of drug-likeness (QED) is 0.869. The molecule has 0 spiro atoms. The molecule has 110 valence electrons. The van der Waals surface area contributed by atoms with Crippen molar-refractivity contribution < 1.29 is 14.3 Å². The van der Waals surface area contributed by atoms with Crippen LogP contribution in [0.4, 0.5) is 5.00 Å². The van der Waals surface area contributed by atoms with Gasteiger partial charge in [-0.1, -0.05) is 0 Å². The smallest absolute Gasteiger partial charge is 0.341 e. The molecule has 0 radical (unpaired) electrons. The molecule has 0 aromatic carbocycles. The van der Waals surface area contributed by atoms with Crippen LogP contribution in [0.1, 0.15) is 41.6 Å². The third kappa shape index (κ3) is 2.86. The van der Waals surface area contributed by atoms with Crippen molar-refractivity contribution >= 4 is 28.2 Å². The molecule has 1 aliphatic heterocycles. The van der Waals surface area contributed by atoms with Crippen molar-refractivity contribution in [3.05, 3.63) is 16.0 Å². The average Bonchev–Trinajstić information content (AvgIpc) is 2.73. The maximum atomic E-state index is 12.0. The Labute approximate surface area is 122 Å². The zero-order valence-electron chi connectivity index (χ0n) is 12.3. The summed E-state index contributed by atoms with van der Waals surface area (Å²) in [5.74, 6) is -0.543. The molecule has 1 amide bonds. The SMILES string of the molecule is COC(=O)c1c(NC(C)=O)sc2c1CCN(C(C)C)C2. The number of esters is 1. The monoisotopic (exact) mass is 296 g/mol. The van der Waals surface area contributed by atoms with Gasteiger partial charge in [0.2, 0.25) is 5.91 Å². The summed E-state index contributed by atoms with van der Waals surface area (Å²) < 4.78 is 4.86. The first-order chi connectivity index (χ1) is 9.43. The van der Waals surface area contributed by atoms with Gasteiger partial charge in [-0.2, -0.15) is 0 Å². The fourth-order valence-corrected chi connectivity index (χ4v) is 3.74. The fourth-order valence-electron chi connectivity index (χ4n) is 2.43. The van der Waals surface area contributed by atoms with Crippen LogP contribution in [-0.2, 0) is 22.5 Å². The molecule has 1 N–H and O–H groups in total. The lowest BCUT2D eigenvalue weighted by atomic mass is 10.0. The second kappa shape index (κ2) is 5.93. The van der Waals surface area contributed by atoms with E-state index in [1.54, 1.807) is 0 Å². The number of hydrogen-bond acceptors (Lipinski definition) is 5. The van der Waals surface area contributed by atoms with Crippen LogP contribution in [-0.4, -0.2) is 36.5 Å². The van der Waals surface area contributed by atoms with Gasteiger partial charge in [-0.15, -0.1) is 11.3 Å². The molecule has 2 rings (SSSR count). The number of thiophene rings is 1. The van der Waals surface area contributed by atoms with Crippen LogP contribution in [0.15, 0.2) is 0 Å².